The molecule has 0 spiro atoms. The van der Waals surface area contributed by atoms with Gasteiger partial charge in [0.15, 0.2) is 0 Å². The molecular formula is C17H19Cl2N. The monoisotopic (exact) mass is 307 g/mol. The quantitative estimate of drug-likeness (QED) is 0.790. The largest absolute Gasteiger partial charge is 0.310 e. The third kappa shape index (κ3) is 3.76. The lowest BCUT2D eigenvalue weighted by Crippen LogP contribution is -2.22. The highest BCUT2D eigenvalue weighted by atomic mass is 35.5. The predicted molar refractivity (Wildman–Crippen MR) is 88.6 cm³/mol. The molecule has 0 aromatic heterocycles. The Hall–Kier alpha value is -1.02. The van der Waals surface area contributed by atoms with Crippen LogP contribution in [0.5, 0.6) is 0 Å². The number of halogens is 2. The van der Waals surface area contributed by atoms with Gasteiger partial charge in [-0.2, -0.15) is 0 Å². The van der Waals surface area contributed by atoms with E-state index in [-0.39, 0.29) is 0 Å². The zero-order chi connectivity index (χ0) is 14.7. The van der Waals surface area contributed by atoms with Gasteiger partial charge in [0, 0.05) is 22.6 Å². The molecule has 0 aliphatic carbocycles. The van der Waals surface area contributed by atoms with E-state index in [0.717, 1.165) is 27.7 Å². The summed E-state index contributed by atoms with van der Waals surface area (Å²) >= 11 is 12.4. The van der Waals surface area contributed by atoms with Crippen LogP contribution in [0.4, 0.5) is 0 Å². The van der Waals surface area contributed by atoms with Gasteiger partial charge >= 0.3 is 0 Å². The minimum atomic E-state index is 0.434. The zero-order valence-corrected chi connectivity index (χ0v) is 13.5. The van der Waals surface area contributed by atoms with Crippen LogP contribution in [0, 0.1) is 6.92 Å². The molecule has 0 saturated carbocycles. The van der Waals surface area contributed by atoms with Crippen LogP contribution in [0.3, 0.4) is 0 Å². The molecule has 2 aromatic rings. The molecular weight excluding hydrogens is 289 g/mol. The van der Waals surface area contributed by atoms with Crippen LogP contribution in [0.1, 0.15) is 25.0 Å². The number of rotatable bonds is 4. The summed E-state index contributed by atoms with van der Waals surface area (Å²) in [5.41, 5.74) is 4.57. The van der Waals surface area contributed by atoms with Crippen molar-refractivity contribution in [2.24, 2.45) is 0 Å². The first-order chi connectivity index (χ1) is 9.47. The number of aryl methyl sites for hydroxylation is 1. The van der Waals surface area contributed by atoms with Crippen molar-refractivity contribution in [2.75, 3.05) is 0 Å². The summed E-state index contributed by atoms with van der Waals surface area (Å²) in [4.78, 5) is 0. The number of benzene rings is 2. The standard InChI is InChI=1S/C17H19Cl2N/c1-11(2)20-10-14-8-15(18)6-7-16(14)13-5-4-12(3)17(19)9-13/h4-9,11,20H,10H2,1-3H3. The van der Waals surface area contributed by atoms with Crippen LogP contribution in [0.15, 0.2) is 36.4 Å². The summed E-state index contributed by atoms with van der Waals surface area (Å²) in [7, 11) is 0. The van der Waals surface area contributed by atoms with Crippen molar-refractivity contribution in [3.8, 4) is 11.1 Å². The van der Waals surface area contributed by atoms with Gasteiger partial charge in [-0.15, -0.1) is 0 Å². The Morgan fingerprint density at radius 2 is 1.80 bits per heavy atom. The third-order valence-corrected chi connectivity index (χ3v) is 3.89. The van der Waals surface area contributed by atoms with E-state index in [1.54, 1.807) is 0 Å². The Morgan fingerprint density at radius 3 is 2.45 bits per heavy atom. The fourth-order valence-corrected chi connectivity index (χ4v) is 2.44. The maximum absolute atomic E-state index is 6.23. The molecule has 3 heteroatoms. The first kappa shape index (κ1) is 15.4. The van der Waals surface area contributed by atoms with Gasteiger partial charge in [-0.3, -0.25) is 0 Å². The third-order valence-electron chi connectivity index (χ3n) is 3.25. The van der Waals surface area contributed by atoms with Gasteiger partial charge in [0.05, 0.1) is 0 Å². The number of nitrogens with one attached hydrogen (secondary N) is 1. The highest BCUT2D eigenvalue weighted by molar-refractivity contribution is 6.31. The van der Waals surface area contributed by atoms with Crippen molar-refractivity contribution in [2.45, 2.75) is 33.4 Å². The lowest BCUT2D eigenvalue weighted by Gasteiger charge is -2.14. The van der Waals surface area contributed by atoms with Crippen LogP contribution in [-0.2, 0) is 6.54 Å². The summed E-state index contributed by atoms with van der Waals surface area (Å²) in [5.74, 6) is 0. The summed E-state index contributed by atoms with van der Waals surface area (Å²) in [5, 5.41) is 4.98. The molecule has 0 radical (unpaired) electrons. The molecule has 0 fully saturated rings. The van der Waals surface area contributed by atoms with E-state index in [0.29, 0.717) is 6.04 Å². The van der Waals surface area contributed by atoms with E-state index in [1.165, 1.54) is 11.1 Å². The van der Waals surface area contributed by atoms with Crippen LogP contribution in [0.25, 0.3) is 11.1 Å². The minimum Gasteiger partial charge on any atom is -0.310 e. The van der Waals surface area contributed by atoms with Gasteiger partial charge in [0.25, 0.3) is 0 Å². The molecule has 0 aliphatic heterocycles. The molecule has 20 heavy (non-hydrogen) atoms. The molecule has 0 atom stereocenters. The molecule has 1 nitrogen and oxygen atoms in total. The Kier molecular flexibility index (Phi) is 5.09. The Balaban J connectivity index is 2.41. The molecule has 106 valence electrons. The van der Waals surface area contributed by atoms with Gasteiger partial charge < -0.3 is 5.32 Å². The van der Waals surface area contributed by atoms with Crippen molar-refractivity contribution >= 4 is 23.2 Å². The van der Waals surface area contributed by atoms with Crippen LogP contribution >= 0.6 is 23.2 Å². The highest BCUT2D eigenvalue weighted by Gasteiger charge is 2.08. The lowest BCUT2D eigenvalue weighted by atomic mass is 9.98. The van der Waals surface area contributed by atoms with Crippen LogP contribution in [-0.4, -0.2) is 6.04 Å². The van der Waals surface area contributed by atoms with Crippen LogP contribution < -0.4 is 5.32 Å². The summed E-state index contributed by atoms with van der Waals surface area (Å²) in [6.07, 6.45) is 0. The number of hydrogen-bond acceptors (Lipinski definition) is 1. The van der Waals surface area contributed by atoms with Crippen molar-refractivity contribution in [1.29, 1.82) is 0 Å². The highest BCUT2D eigenvalue weighted by Crippen LogP contribution is 2.29. The SMILES string of the molecule is Cc1ccc(-c2ccc(Cl)cc2CNC(C)C)cc1Cl. The van der Waals surface area contributed by atoms with Crippen molar-refractivity contribution < 1.29 is 0 Å². The molecule has 0 aliphatic rings. The van der Waals surface area contributed by atoms with E-state index in [9.17, 15) is 0 Å². The van der Waals surface area contributed by atoms with Crippen molar-refractivity contribution in [3.05, 3.63) is 57.6 Å². The average Bonchev–Trinajstić information content (AvgIpc) is 2.40. The molecule has 0 saturated heterocycles. The van der Waals surface area contributed by atoms with Gasteiger partial charge in [-0.1, -0.05) is 55.2 Å². The molecule has 2 aromatic carbocycles. The molecule has 0 unspecified atom stereocenters. The normalized spacial score (nSPS) is 11.1. The molecule has 2 rings (SSSR count). The Bertz CT molecular complexity index is 606. The predicted octanol–water partition coefficient (Wildman–Crippen LogP) is 5.47. The number of hydrogen-bond donors (Lipinski definition) is 1. The van der Waals surface area contributed by atoms with E-state index >= 15 is 0 Å². The minimum absolute atomic E-state index is 0.434. The van der Waals surface area contributed by atoms with Crippen molar-refractivity contribution in [1.82, 2.24) is 5.32 Å². The van der Waals surface area contributed by atoms with E-state index < -0.39 is 0 Å². The van der Waals surface area contributed by atoms with Crippen LogP contribution in [0.2, 0.25) is 10.0 Å². The van der Waals surface area contributed by atoms with Gasteiger partial charge in [0.1, 0.15) is 0 Å². The molecule has 1 N–H and O–H groups in total. The zero-order valence-electron chi connectivity index (χ0n) is 12.0. The van der Waals surface area contributed by atoms with E-state index in [1.807, 2.05) is 31.2 Å². The molecule has 0 heterocycles. The van der Waals surface area contributed by atoms with Gasteiger partial charge in [-0.05, 0) is 47.4 Å². The second-order valence-electron chi connectivity index (χ2n) is 5.30. The summed E-state index contributed by atoms with van der Waals surface area (Å²) in [6.45, 7) is 7.06. The maximum Gasteiger partial charge on any atom is 0.0441 e. The van der Waals surface area contributed by atoms with E-state index in [4.69, 9.17) is 23.2 Å². The fraction of sp³-hybridized carbons (Fsp3) is 0.294. The maximum atomic E-state index is 6.23. The van der Waals surface area contributed by atoms with Crippen molar-refractivity contribution in [3.63, 3.8) is 0 Å². The van der Waals surface area contributed by atoms with Gasteiger partial charge in [0.2, 0.25) is 0 Å². The first-order valence-electron chi connectivity index (χ1n) is 6.75. The fourth-order valence-electron chi connectivity index (χ4n) is 2.06. The van der Waals surface area contributed by atoms with Gasteiger partial charge in [-0.25, -0.2) is 0 Å². The summed E-state index contributed by atoms with van der Waals surface area (Å²) in [6, 6.07) is 12.6. The second kappa shape index (κ2) is 6.62. The molecule has 0 bridgehead atoms. The topological polar surface area (TPSA) is 12.0 Å². The lowest BCUT2D eigenvalue weighted by molar-refractivity contribution is 0.589. The Labute approximate surface area is 130 Å². The first-order valence-corrected chi connectivity index (χ1v) is 7.51. The van der Waals surface area contributed by atoms with E-state index in [2.05, 4.69) is 31.3 Å². The Morgan fingerprint density at radius 1 is 1.05 bits per heavy atom. The molecule has 0 amide bonds. The average molecular weight is 308 g/mol. The second-order valence-corrected chi connectivity index (χ2v) is 6.14. The summed E-state index contributed by atoms with van der Waals surface area (Å²) < 4.78 is 0. The smallest absolute Gasteiger partial charge is 0.0441 e.